The second kappa shape index (κ2) is 6.08. The zero-order valence-electron chi connectivity index (χ0n) is 14.2. The molecular weight excluding hydrogens is 272 g/mol. The fourth-order valence-corrected chi connectivity index (χ4v) is 4.10. The molecule has 1 heterocycles. The van der Waals surface area contributed by atoms with Gasteiger partial charge in [-0.25, -0.2) is 0 Å². The molecule has 0 unspecified atom stereocenters. The minimum atomic E-state index is 0.129. The maximum atomic E-state index is 6.64. The molecule has 3 rings (SSSR count). The highest BCUT2D eigenvalue weighted by Gasteiger charge is 2.49. The number of benzene rings is 1. The van der Waals surface area contributed by atoms with Crippen LogP contribution in [0.2, 0.25) is 0 Å². The summed E-state index contributed by atoms with van der Waals surface area (Å²) >= 11 is 0. The minimum absolute atomic E-state index is 0.129. The molecule has 0 N–H and O–H groups in total. The first-order valence-electron chi connectivity index (χ1n) is 8.66. The van der Waals surface area contributed by atoms with Crippen LogP contribution < -0.4 is 4.74 Å². The van der Waals surface area contributed by atoms with E-state index in [-0.39, 0.29) is 11.2 Å². The van der Waals surface area contributed by atoms with Gasteiger partial charge >= 0.3 is 0 Å². The maximum Gasteiger partial charge on any atom is 0.118 e. The van der Waals surface area contributed by atoms with Crippen LogP contribution in [0.5, 0.6) is 5.75 Å². The predicted molar refractivity (Wildman–Crippen MR) is 91.2 cm³/mol. The fraction of sp³-hybridized carbons (Fsp3) is 0.600. The highest BCUT2D eigenvalue weighted by Crippen LogP contribution is 2.51. The third-order valence-corrected chi connectivity index (χ3v) is 5.70. The predicted octanol–water partition coefficient (Wildman–Crippen LogP) is 5.37. The average Bonchev–Trinajstić information content (AvgIpc) is 3.13. The van der Waals surface area contributed by atoms with Crippen molar-refractivity contribution in [3.8, 4) is 5.75 Å². The Morgan fingerprint density at radius 1 is 1.09 bits per heavy atom. The quantitative estimate of drug-likeness (QED) is 0.744. The Morgan fingerprint density at radius 2 is 1.82 bits per heavy atom. The first-order valence-corrected chi connectivity index (χ1v) is 8.66. The van der Waals surface area contributed by atoms with Gasteiger partial charge in [-0.3, -0.25) is 0 Å². The molecule has 2 fully saturated rings. The molecule has 0 bridgehead atoms. The van der Waals surface area contributed by atoms with Crippen LogP contribution in [-0.2, 0) is 4.74 Å². The molecule has 2 heteroatoms. The summed E-state index contributed by atoms with van der Waals surface area (Å²) in [4.78, 5) is 0. The zero-order chi connectivity index (χ0) is 15.6. The Morgan fingerprint density at radius 3 is 2.41 bits per heavy atom. The van der Waals surface area contributed by atoms with Crippen LogP contribution in [0.1, 0.15) is 64.4 Å². The molecule has 22 heavy (non-hydrogen) atoms. The molecule has 0 radical (unpaired) electrons. The van der Waals surface area contributed by atoms with Gasteiger partial charge < -0.3 is 9.47 Å². The van der Waals surface area contributed by atoms with Crippen molar-refractivity contribution < 1.29 is 9.47 Å². The number of ether oxygens (including phenoxy) is 2. The zero-order valence-corrected chi connectivity index (χ0v) is 14.2. The molecule has 0 aromatic heterocycles. The van der Waals surface area contributed by atoms with Gasteiger partial charge in [0.25, 0.3) is 0 Å². The lowest BCUT2D eigenvalue weighted by Gasteiger charge is -2.31. The lowest BCUT2D eigenvalue weighted by atomic mass is 9.91. The summed E-state index contributed by atoms with van der Waals surface area (Å²) in [5.41, 5.74) is 3.08. The van der Waals surface area contributed by atoms with Crippen molar-refractivity contribution in [2.75, 3.05) is 7.11 Å². The molecule has 120 valence electrons. The Bertz CT molecular complexity index is 539. The topological polar surface area (TPSA) is 18.5 Å². The van der Waals surface area contributed by atoms with E-state index in [2.05, 4.69) is 32.1 Å². The van der Waals surface area contributed by atoms with Gasteiger partial charge in [0.1, 0.15) is 5.75 Å². The summed E-state index contributed by atoms with van der Waals surface area (Å²) in [5.74, 6) is 0.917. The summed E-state index contributed by atoms with van der Waals surface area (Å²) in [5, 5.41) is 0. The lowest BCUT2D eigenvalue weighted by molar-refractivity contribution is -0.103. The summed E-state index contributed by atoms with van der Waals surface area (Å²) in [6.07, 6.45) is 10.6. The maximum absolute atomic E-state index is 6.64. The first-order chi connectivity index (χ1) is 10.6. The van der Waals surface area contributed by atoms with E-state index in [1.165, 1.54) is 36.8 Å². The van der Waals surface area contributed by atoms with Crippen LogP contribution in [0.3, 0.4) is 0 Å². The van der Waals surface area contributed by atoms with E-state index < -0.39 is 0 Å². The van der Waals surface area contributed by atoms with Crippen molar-refractivity contribution in [1.82, 2.24) is 0 Å². The third kappa shape index (κ3) is 2.94. The van der Waals surface area contributed by atoms with Crippen molar-refractivity contribution in [2.45, 2.75) is 70.0 Å². The Balaban J connectivity index is 1.70. The van der Waals surface area contributed by atoms with Crippen molar-refractivity contribution >= 4 is 6.08 Å². The van der Waals surface area contributed by atoms with E-state index in [4.69, 9.17) is 9.47 Å². The molecule has 1 spiro atoms. The highest BCUT2D eigenvalue weighted by molar-refractivity contribution is 5.55. The Kier molecular flexibility index (Phi) is 4.31. The number of rotatable bonds is 4. The van der Waals surface area contributed by atoms with Gasteiger partial charge in [0.2, 0.25) is 0 Å². The largest absolute Gasteiger partial charge is 0.497 e. The van der Waals surface area contributed by atoms with Gasteiger partial charge in [-0.15, -0.1) is 0 Å². The summed E-state index contributed by atoms with van der Waals surface area (Å²) in [6, 6.07) is 8.33. The SMILES string of the molecule is CCC1(CC)CC[C@]2(CCC(=Cc3ccc(OC)cc3)C2)O1. The molecule has 0 amide bonds. The number of methoxy groups -OCH3 is 1. The molecule has 1 saturated carbocycles. The average molecular weight is 300 g/mol. The Labute approximate surface area is 134 Å². The van der Waals surface area contributed by atoms with Crippen LogP contribution in [0.15, 0.2) is 29.8 Å². The van der Waals surface area contributed by atoms with Gasteiger partial charge in [-0.05, 0) is 62.6 Å². The van der Waals surface area contributed by atoms with Gasteiger partial charge in [-0.2, -0.15) is 0 Å². The van der Waals surface area contributed by atoms with Gasteiger partial charge in [0, 0.05) is 0 Å². The summed E-state index contributed by atoms with van der Waals surface area (Å²) in [7, 11) is 1.71. The highest BCUT2D eigenvalue weighted by atomic mass is 16.5. The first kappa shape index (κ1) is 15.6. The summed E-state index contributed by atoms with van der Waals surface area (Å²) < 4.78 is 11.9. The molecule has 1 aliphatic carbocycles. The van der Waals surface area contributed by atoms with Crippen molar-refractivity contribution in [3.05, 3.63) is 35.4 Å². The molecule has 2 nitrogen and oxygen atoms in total. The minimum Gasteiger partial charge on any atom is -0.497 e. The molecule has 2 aliphatic rings. The number of hydrogen-bond donors (Lipinski definition) is 0. The molecular formula is C20H28O2. The molecule has 1 atom stereocenters. The van der Waals surface area contributed by atoms with Crippen molar-refractivity contribution in [1.29, 1.82) is 0 Å². The van der Waals surface area contributed by atoms with E-state index in [1.54, 1.807) is 7.11 Å². The van der Waals surface area contributed by atoms with Gasteiger partial charge in [-0.1, -0.05) is 37.6 Å². The molecule has 1 aromatic rings. The monoisotopic (exact) mass is 300 g/mol. The fourth-order valence-electron chi connectivity index (χ4n) is 4.10. The third-order valence-electron chi connectivity index (χ3n) is 5.70. The smallest absolute Gasteiger partial charge is 0.118 e. The van der Waals surface area contributed by atoms with E-state index in [9.17, 15) is 0 Å². The lowest BCUT2D eigenvalue weighted by Crippen LogP contribution is -2.32. The second-order valence-electron chi connectivity index (χ2n) is 6.93. The standard InChI is InChI=1S/C20H28O2/c1-4-19(5-2)12-13-20(22-19)11-10-17(15-20)14-16-6-8-18(21-3)9-7-16/h6-9,14H,4-5,10-13,15H2,1-3H3/t20-/m0/s1. The van der Waals surface area contributed by atoms with Crippen molar-refractivity contribution in [3.63, 3.8) is 0 Å². The van der Waals surface area contributed by atoms with Crippen molar-refractivity contribution in [2.24, 2.45) is 0 Å². The van der Waals surface area contributed by atoms with Crippen LogP contribution in [0, 0.1) is 0 Å². The van der Waals surface area contributed by atoms with Crippen LogP contribution >= 0.6 is 0 Å². The molecule has 1 saturated heterocycles. The molecule has 1 aliphatic heterocycles. The van der Waals surface area contributed by atoms with E-state index >= 15 is 0 Å². The van der Waals surface area contributed by atoms with Crippen LogP contribution in [0.4, 0.5) is 0 Å². The van der Waals surface area contributed by atoms with Gasteiger partial charge in [0.05, 0.1) is 18.3 Å². The Hall–Kier alpha value is -1.28. The van der Waals surface area contributed by atoms with E-state index in [0.29, 0.717) is 0 Å². The van der Waals surface area contributed by atoms with Crippen LogP contribution in [0.25, 0.3) is 6.08 Å². The molecule has 1 aromatic carbocycles. The van der Waals surface area contributed by atoms with Crippen LogP contribution in [-0.4, -0.2) is 18.3 Å². The second-order valence-corrected chi connectivity index (χ2v) is 6.93. The number of hydrogen-bond acceptors (Lipinski definition) is 2. The van der Waals surface area contributed by atoms with E-state index in [0.717, 1.165) is 25.0 Å². The summed E-state index contributed by atoms with van der Waals surface area (Å²) in [6.45, 7) is 4.54. The van der Waals surface area contributed by atoms with E-state index in [1.807, 2.05) is 12.1 Å². The van der Waals surface area contributed by atoms with Gasteiger partial charge in [0.15, 0.2) is 0 Å². The normalized spacial score (nSPS) is 28.6.